The van der Waals surface area contributed by atoms with Crippen molar-refractivity contribution in [2.75, 3.05) is 11.4 Å². The number of nitrogens with zero attached hydrogens (tertiary/aromatic N) is 5. The standard InChI is InChI=1S/C19H21N5O/c1-12-10-25-23-17(12)9-24(8-13-5-14-7-15(14)6-13)19-18-16(21-11-22-19)3-2-4-20-18/h2-4,10-11,13-15H,5-9H2,1H3. The molecule has 0 radical (unpaired) electrons. The van der Waals surface area contributed by atoms with Gasteiger partial charge in [-0.05, 0) is 56.1 Å². The summed E-state index contributed by atoms with van der Waals surface area (Å²) in [4.78, 5) is 15.8. The van der Waals surface area contributed by atoms with Gasteiger partial charge in [0.25, 0.3) is 0 Å². The van der Waals surface area contributed by atoms with Crippen LogP contribution in [0.1, 0.15) is 30.5 Å². The molecule has 2 atom stereocenters. The van der Waals surface area contributed by atoms with Crippen molar-refractivity contribution >= 4 is 16.9 Å². The van der Waals surface area contributed by atoms with Crippen molar-refractivity contribution in [3.63, 3.8) is 0 Å². The highest BCUT2D eigenvalue weighted by molar-refractivity contribution is 5.85. The van der Waals surface area contributed by atoms with Crippen LogP contribution in [0.15, 0.2) is 35.4 Å². The topological polar surface area (TPSA) is 67.9 Å². The van der Waals surface area contributed by atoms with Crippen molar-refractivity contribution < 1.29 is 4.52 Å². The van der Waals surface area contributed by atoms with Gasteiger partial charge in [0.05, 0.1) is 12.1 Å². The van der Waals surface area contributed by atoms with Gasteiger partial charge in [-0.25, -0.2) is 9.97 Å². The number of aryl methyl sites for hydroxylation is 1. The molecule has 0 amide bonds. The van der Waals surface area contributed by atoms with Crippen molar-refractivity contribution in [1.29, 1.82) is 0 Å². The maximum Gasteiger partial charge on any atom is 0.158 e. The summed E-state index contributed by atoms with van der Waals surface area (Å²) in [5.41, 5.74) is 3.77. The van der Waals surface area contributed by atoms with Crippen LogP contribution in [0, 0.1) is 24.7 Å². The van der Waals surface area contributed by atoms with E-state index in [1.807, 2.05) is 19.1 Å². The molecule has 0 saturated heterocycles. The lowest BCUT2D eigenvalue weighted by atomic mass is 10.0. The average Bonchev–Trinajstić information content (AvgIpc) is 3.04. The van der Waals surface area contributed by atoms with Gasteiger partial charge in [0, 0.05) is 18.3 Å². The Morgan fingerprint density at radius 2 is 2.04 bits per heavy atom. The van der Waals surface area contributed by atoms with Crippen LogP contribution in [0.25, 0.3) is 11.0 Å². The molecule has 6 nitrogen and oxygen atoms in total. The molecular weight excluding hydrogens is 314 g/mol. The van der Waals surface area contributed by atoms with Crippen LogP contribution in [0.5, 0.6) is 0 Å². The first kappa shape index (κ1) is 14.8. The molecule has 6 heteroatoms. The highest BCUT2D eigenvalue weighted by Crippen LogP contribution is 2.54. The van der Waals surface area contributed by atoms with Crippen molar-refractivity contribution in [2.24, 2.45) is 17.8 Å². The van der Waals surface area contributed by atoms with Crippen molar-refractivity contribution in [3.8, 4) is 0 Å². The first-order chi connectivity index (χ1) is 12.3. The third-order valence-electron chi connectivity index (χ3n) is 5.68. The monoisotopic (exact) mass is 335 g/mol. The molecule has 0 aliphatic heterocycles. The molecule has 2 unspecified atom stereocenters. The highest BCUT2D eigenvalue weighted by Gasteiger charge is 2.46. The average molecular weight is 335 g/mol. The largest absolute Gasteiger partial charge is 0.364 e. The van der Waals surface area contributed by atoms with Crippen molar-refractivity contribution in [2.45, 2.75) is 32.7 Å². The van der Waals surface area contributed by atoms with E-state index in [1.54, 1.807) is 18.8 Å². The number of fused-ring (bicyclic) bond motifs is 2. The summed E-state index contributed by atoms with van der Waals surface area (Å²) in [6.07, 6.45) is 9.27. The predicted octanol–water partition coefficient (Wildman–Crippen LogP) is 3.37. The van der Waals surface area contributed by atoms with E-state index in [9.17, 15) is 0 Å². The zero-order chi connectivity index (χ0) is 16.8. The molecule has 2 aliphatic rings. The lowest BCUT2D eigenvalue weighted by Crippen LogP contribution is -2.30. The van der Waals surface area contributed by atoms with Crippen LogP contribution in [-0.2, 0) is 6.54 Å². The number of hydrogen-bond acceptors (Lipinski definition) is 6. The molecule has 25 heavy (non-hydrogen) atoms. The molecule has 5 rings (SSSR count). The number of pyridine rings is 1. The molecule has 3 aromatic rings. The zero-order valence-corrected chi connectivity index (χ0v) is 14.3. The van der Waals surface area contributed by atoms with Gasteiger partial charge in [-0.3, -0.25) is 4.98 Å². The second-order valence-corrected chi connectivity index (χ2v) is 7.49. The maximum atomic E-state index is 5.14. The molecular formula is C19H21N5O. The summed E-state index contributed by atoms with van der Waals surface area (Å²) < 4.78 is 5.14. The van der Waals surface area contributed by atoms with E-state index < -0.39 is 0 Å². The van der Waals surface area contributed by atoms with Gasteiger partial charge in [0.2, 0.25) is 0 Å². The molecule has 3 aromatic heterocycles. The maximum absolute atomic E-state index is 5.14. The smallest absolute Gasteiger partial charge is 0.158 e. The van der Waals surface area contributed by atoms with Crippen LogP contribution in [-0.4, -0.2) is 26.7 Å². The van der Waals surface area contributed by atoms with E-state index in [0.29, 0.717) is 6.54 Å². The van der Waals surface area contributed by atoms with E-state index >= 15 is 0 Å². The minimum absolute atomic E-state index is 0.691. The fourth-order valence-corrected chi connectivity index (χ4v) is 4.28. The first-order valence-electron chi connectivity index (χ1n) is 8.98. The number of rotatable bonds is 5. The van der Waals surface area contributed by atoms with Gasteiger partial charge in [-0.1, -0.05) is 5.16 Å². The summed E-state index contributed by atoms with van der Waals surface area (Å²) in [7, 11) is 0. The predicted molar refractivity (Wildman–Crippen MR) is 93.9 cm³/mol. The van der Waals surface area contributed by atoms with E-state index in [0.717, 1.165) is 52.4 Å². The fraction of sp³-hybridized carbons (Fsp3) is 0.474. The minimum atomic E-state index is 0.691. The Morgan fingerprint density at radius 3 is 2.84 bits per heavy atom. The molecule has 0 spiro atoms. The Kier molecular flexibility index (Phi) is 3.43. The molecule has 2 aliphatic carbocycles. The molecule has 3 heterocycles. The summed E-state index contributed by atoms with van der Waals surface area (Å²) in [5.74, 6) is 3.57. The Morgan fingerprint density at radius 1 is 1.16 bits per heavy atom. The molecule has 2 fully saturated rings. The van der Waals surface area contributed by atoms with E-state index in [2.05, 4.69) is 25.0 Å². The number of hydrogen-bond donors (Lipinski definition) is 0. The van der Waals surface area contributed by atoms with Crippen LogP contribution in [0.4, 0.5) is 5.82 Å². The molecule has 128 valence electrons. The SMILES string of the molecule is Cc1conc1CN(CC1CC2CC2C1)c1ncnc2cccnc12. The quantitative estimate of drug-likeness (QED) is 0.712. The second kappa shape index (κ2) is 5.79. The van der Waals surface area contributed by atoms with Gasteiger partial charge in [0.1, 0.15) is 23.8 Å². The molecule has 2 saturated carbocycles. The minimum Gasteiger partial charge on any atom is -0.364 e. The second-order valence-electron chi connectivity index (χ2n) is 7.49. The Balaban J connectivity index is 1.50. The van der Waals surface area contributed by atoms with E-state index in [1.165, 1.54) is 19.3 Å². The third kappa shape index (κ3) is 2.75. The Bertz CT molecular complexity index is 892. The van der Waals surface area contributed by atoms with Crippen LogP contribution in [0.3, 0.4) is 0 Å². The first-order valence-corrected chi connectivity index (χ1v) is 8.98. The lowest BCUT2D eigenvalue weighted by molar-refractivity contribution is 0.408. The summed E-state index contributed by atoms with van der Waals surface area (Å²) in [6, 6.07) is 3.90. The van der Waals surface area contributed by atoms with Crippen molar-refractivity contribution in [1.82, 2.24) is 20.1 Å². The summed E-state index contributed by atoms with van der Waals surface area (Å²) in [6.45, 7) is 3.71. The van der Waals surface area contributed by atoms with Crippen LogP contribution in [0.2, 0.25) is 0 Å². The number of aromatic nitrogens is 4. The van der Waals surface area contributed by atoms with E-state index in [-0.39, 0.29) is 0 Å². The highest BCUT2D eigenvalue weighted by atomic mass is 16.5. The van der Waals surface area contributed by atoms with Gasteiger partial charge in [0.15, 0.2) is 5.82 Å². The third-order valence-corrected chi connectivity index (χ3v) is 5.68. The lowest BCUT2D eigenvalue weighted by Gasteiger charge is -2.27. The van der Waals surface area contributed by atoms with Gasteiger partial charge in [-0.15, -0.1) is 0 Å². The zero-order valence-electron chi connectivity index (χ0n) is 14.3. The summed E-state index contributed by atoms with van der Waals surface area (Å²) >= 11 is 0. The van der Waals surface area contributed by atoms with Gasteiger partial charge >= 0.3 is 0 Å². The molecule has 0 N–H and O–H groups in total. The Hall–Kier alpha value is -2.50. The normalized spacial score (nSPS) is 24.4. The fourth-order valence-electron chi connectivity index (χ4n) is 4.28. The van der Waals surface area contributed by atoms with Crippen LogP contribution < -0.4 is 4.90 Å². The Labute approximate surface area is 146 Å². The molecule has 0 bridgehead atoms. The van der Waals surface area contributed by atoms with Crippen LogP contribution >= 0.6 is 0 Å². The number of anilines is 1. The summed E-state index contributed by atoms with van der Waals surface area (Å²) in [5, 5.41) is 4.18. The van der Waals surface area contributed by atoms with Crippen molar-refractivity contribution in [3.05, 3.63) is 42.2 Å². The molecule has 0 aromatic carbocycles. The van der Waals surface area contributed by atoms with Gasteiger partial charge < -0.3 is 9.42 Å². The van der Waals surface area contributed by atoms with Gasteiger partial charge in [-0.2, -0.15) is 0 Å². The van der Waals surface area contributed by atoms with E-state index in [4.69, 9.17) is 4.52 Å².